The number of nitrogens with one attached hydrogen (secondary N) is 3. The number of aromatic amines is 1. The van der Waals surface area contributed by atoms with E-state index in [9.17, 15) is 14.4 Å². The summed E-state index contributed by atoms with van der Waals surface area (Å²) in [5.41, 5.74) is 6.54. The summed E-state index contributed by atoms with van der Waals surface area (Å²) >= 11 is 0. The van der Waals surface area contributed by atoms with Gasteiger partial charge in [0.2, 0.25) is 5.91 Å². The molecule has 15 nitrogen and oxygen atoms in total. The van der Waals surface area contributed by atoms with E-state index in [1.807, 2.05) is 39.8 Å². The van der Waals surface area contributed by atoms with Crippen molar-refractivity contribution in [2.24, 2.45) is 5.92 Å². The summed E-state index contributed by atoms with van der Waals surface area (Å²) in [6.45, 7) is 16.8. The summed E-state index contributed by atoms with van der Waals surface area (Å²) in [6.07, 6.45) is 4.03. The number of amides is 4. The van der Waals surface area contributed by atoms with Crippen LogP contribution in [0.3, 0.4) is 0 Å². The number of nitrogens with zero attached hydrogens (tertiary/aromatic N) is 8. The van der Waals surface area contributed by atoms with Crippen molar-refractivity contribution in [1.29, 1.82) is 0 Å². The van der Waals surface area contributed by atoms with Crippen LogP contribution in [0.5, 0.6) is 0 Å². The van der Waals surface area contributed by atoms with E-state index in [1.165, 1.54) is 12.4 Å². The molecule has 0 spiro atoms. The Morgan fingerprint density at radius 2 is 1.63 bits per heavy atom. The molecule has 62 heavy (non-hydrogen) atoms. The number of hydrogen-bond donors (Lipinski definition) is 3. The second-order valence-electron chi connectivity index (χ2n) is 17.8. The predicted octanol–water partition coefficient (Wildman–Crippen LogP) is 6.88. The molecule has 0 aliphatic carbocycles. The maximum atomic E-state index is 16.1. The van der Waals surface area contributed by atoms with Crippen molar-refractivity contribution >= 4 is 56.8 Å². The molecule has 3 aromatic carbocycles. The van der Waals surface area contributed by atoms with E-state index in [4.69, 9.17) is 4.52 Å². The Bertz CT molecular complexity index is 2660. The number of piperidine rings is 1. The molecule has 3 aliphatic rings. The van der Waals surface area contributed by atoms with Crippen molar-refractivity contribution in [2.45, 2.75) is 65.3 Å². The van der Waals surface area contributed by atoms with E-state index in [-0.39, 0.29) is 23.2 Å². The number of hydrogen-bond acceptors (Lipinski definition) is 11. The number of anilines is 3. The third-order valence-electron chi connectivity index (χ3n) is 12.5. The smallest absolute Gasteiger partial charge is 0.328 e. The Kier molecular flexibility index (Phi) is 10.9. The molecule has 3 aliphatic heterocycles. The van der Waals surface area contributed by atoms with Crippen LogP contribution in [0.4, 0.5) is 26.2 Å². The third-order valence-corrected chi connectivity index (χ3v) is 12.5. The SMILES string of the molecule is Cc1cc(-c2ncnc3[nH]c4cc(N5CCN(CC6CCN(c7ccc(N8CCC(=O)NC8=O)cc7)CC6)CC5)ccc4c23)c(F)cc1[C@@H](C)NC(=O)c1nc(C(C)(C)C)no1. The molecular formula is C46H52FN11O4. The molecular weight excluding hydrogens is 790 g/mol. The number of carbonyl (C=O) groups excluding carboxylic acids is 3. The lowest BCUT2D eigenvalue weighted by atomic mass is 9.95. The number of aromatic nitrogens is 5. The normalized spacial score (nSPS) is 17.5. The minimum absolute atomic E-state index is 0.136. The second kappa shape index (κ2) is 16.5. The van der Waals surface area contributed by atoms with Gasteiger partial charge in [0.05, 0.1) is 17.1 Å². The van der Waals surface area contributed by atoms with Crippen molar-refractivity contribution in [3.05, 3.63) is 89.6 Å². The Hall–Kier alpha value is -6.42. The maximum absolute atomic E-state index is 16.1. The van der Waals surface area contributed by atoms with E-state index in [2.05, 4.69) is 80.8 Å². The lowest BCUT2D eigenvalue weighted by Crippen LogP contribution is -2.49. The van der Waals surface area contributed by atoms with Crippen LogP contribution in [0.1, 0.15) is 80.6 Å². The molecule has 9 rings (SSSR count). The summed E-state index contributed by atoms with van der Waals surface area (Å²) < 4.78 is 21.3. The van der Waals surface area contributed by atoms with Crippen LogP contribution in [0.15, 0.2) is 65.4 Å². The van der Waals surface area contributed by atoms with Crippen LogP contribution in [0.25, 0.3) is 33.2 Å². The van der Waals surface area contributed by atoms with Crippen LogP contribution in [-0.2, 0) is 10.2 Å². The molecule has 3 aromatic heterocycles. The molecule has 0 saturated carbocycles. The van der Waals surface area contributed by atoms with Crippen molar-refractivity contribution in [3.63, 3.8) is 0 Å². The van der Waals surface area contributed by atoms with Crippen LogP contribution in [-0.4, -0.2) is 100 Å². The van der Waals surface area contributed by atoms with E-state index < -0.39 is 17.8 Å². The van der Waals surface area contributed by atoms with Crippen LogP contribution in [0.2, 0.25) is 0 Å². The summed E-state index contributed by atoms with van der Waals surface area (Å²) in [5, 5.41) is 10.9. The van der Waals surface area contributed by atoms with Gasteiger partial charge in [0.25, 0.3) is 0 Å². The van der Waals surface area contributed by atoms with Gasteiger partial charge in [-0.05, 0) is 92.3 Å². The minimum atomic E-state index is -0.529. The van der Waals surface area contributed by atoms with E-state index in [1.54, 1.807) is 17.9 Å². The fourth-order valence-electron chi connectivity index (χ4n) is 9.00. The van der Waals surface area contributed by atoms with Gasteiger partial charge in [0, 0.05) is 97.7 Å². The first-order chi connectivity index (χ1) is 29.8. The number of benzene rings is 3. The summed E-state index contributed by atoms with van der Waals surface area (Å²) in [4.78, 5) is 62.7. The van der Waals surface area contributed by atoms with Gasteiger partial charge in [-0.15, -0.1) is 0 Å². The number of halogens is 1. The highest BCUT2D eigenvalue weighted by atomic mass is 19.1. The number of aryl methyl sites for hydroxylation is 1. The standard InChI is InChI=1S/C46H52FN11O4/c1-27-22-35(36(47)24-34(27)28(2)50-42(60)43-53-44(54-62-43)46(3,4)5)40-39-33-11-10-32(23-37(33)51-41(39)49-26-48-40)57-20-18-55(19-21-57)25-29-12-15-56(16-13-29)30-6-8-31(9-7-30)58-17-14-38(59)52-45(58)61/h6-11,22-24,26,28-29H,12-21,25H2,1-5H3,(H,50,60)(H,48,49,51)(H,52,59,61)/t28-/m1/s1. The number of urea groups is 1. The summed E-state index contributed by atoms with van der Waals surface area (Å²) in [5.74, 6) is -0.268. The Morgan fingerprint density at radius 1 is 0.919 bits per heavy atom. The first-order valence-corrected chi connectivity index (χ1v) is 21.4. The fraction of sp³-hybridized carbons (Fsp3) is 0.413. The van der Waals surface area contributed by atoms with E-state index in [0.29, 0.717) is 47.2 Å². The molecule has 6 heterocycles. The van der Waals surface area contributed by atoms with Gasteiger partial charge >= 0.3 is 17.8 Å². The molecule has 6 aromatic rings. The second-order valence-corrected chi connectivity index (χ2v) is 17.8. The van der Waals surface area contributed by atoms with Crippen LogP contribution < -0.4 is 25.3 Å². The van der Waals surface area contributed by atoms with Gasteiger partial charge in [-0.3, -0.25) is 24.7 Å². The van der Waals surface area contributed by atoms with Gasteiger partial charge in [-0.2, -0.15) is 4.98 Å². The first-order valence-electron chi connectivity index (χ1n) is 21.4. The molecule has 0 radical (unpaired) electrons. The fourth-order valence-corrected chi connectivity index (χ4v) is 9.00. The van der Waals surface area contributed by atoms with E-state index in [0.717, 1.165) is 97.6 Å². The minimum Gasteiger partial charge on any atom is -0.372 e. The Labute approximate surface area is 359 Å². The molecule has 3 N–H and O–H groups in total. The van der Waals surface area contributed by atoms with Gasteiger partial charge < -0.3 is 24.6 Å². The van der Waals surface area contributed by atoms with Crippen LogP contribution in [0, 0.1) is 18.7 Å². The zero-order valence-electron chi connectivity index (χ0n) is 35.8. The van der Waals surface area contributed by atoms with Gasteiger partial charge in [-0.1, -0.05) is 32.0 Å². The van der Waals surface area contributed by atoms with Crippen molar-refractivity contribution in [1.82, 2.24) is 40.6 Å². The molecule has 0 unspecified atom stereocenters. The molecule has 16 heteroatoms. The van der Waals surface area contributed by atoms with Crippen molar-refractivity contribution in [3.8, 4) is 11.3 Å². The number of H-pyrrole nitrogens is 1. The summed E-state index contributed by atoms with van der Waals surface area (Å²) in [6, 6.07) is 16.8. The average Bonchev–Trinajstić information content (AvgIpc) is 3.92. The first kappa shape index (κ1) is 41.0. The highest BCUT2D eigenvalue weighted by Gasteiger charge is 2.29. The lowest BCUT2D eigenvalue weighted by Gasteiger charge is -2.40. The quantitative estimate of drug-likeness (QED) is 0.139. The number of fused-ring (bicyclic) bond motifs is 3. The topological polar surface area (TPSA) is 169 Å². The Morgan fingerprint density at radius 3 is 2.34 bits per heavy atom. The van der Waals surface area contributed by atoms with Crippen LogP contribution >= 0.6 is 0 Å². The zero-order valence-corrected chi connectivity index (χ0v) is 35.8. The number of carbonyl (C=O) groups is 3. The Balaban J connectivity index is 0.813. The highest BCUT2D eigenvalue weighted by Crippen LogP contribution is 2.37. The molecule has 3 saturated heterocycles. The number of rotatable bonds is 9. The zero-order chi connectivity index (χ0) is 43.3. The van der Waals surface area contributed by atoms with Gasteiger partial charge in [0.15, 0.2) is 5.82 Å². The monoisotopic (exact) mass is 841 g/mol. The molecule has 3 fully saturated rings. The summed E-state index contributed by atoms with van der Waals surface area (Å²) in [7, 11) is 0. The molecule has 322 valence electrons. The highest BCUT2D eigenvalue weighted by molar-refractivity contribution is 6.12. The number of piperazine rings is 1. The largest absolute Gasteiger partial charge is 0.372 e. The number of imide groups is 1. The van der Waals surface area contributed by atoms with Gasteiger partial charge in [-0.25, -0.2) is 19.2 Å². The van der Waals surface area contributed by atoms with Gasteiger partial charge in [0.1, 0.15) is 17.8 Å². The van der Waals surface area contributed by atoms with Crippen molar-refractivity contribution < 1.29 is 23.3 Å². The average molecular weight is 842 g/mol. The molecule has 1 atom stereocenters. The molecule has 0 bridgehead atoms. The maximum Gasteiger partial charge on any atom is 0.328 e. The predicted molar refractivity (Wildman–Crippen MR) is 236 cm³/mol. The van der Waals surface area contributed by atoms with Crippen molar-refractivity contribution in [2.75, 3.05) is 67.1 Å². The van der Waals surface area contributed by atoms with E-state index >= 15 is 4.39 Å². The third kappa shape index (κ3) is 8.18. The lowest BCUT2D eigenvalue weighted by molar-refractivity contribution is -0.120. The molecule has 4 amide bonds.